The summed E-state index contributed by atoms with van der Waals surface area (Å²) in [6.45, 7) is 4.57. The van der Waals surface area contributed by atoms with E-state index in [0.717, 1.165) is 51.3 Å². The summed E-state index contributed by atoms with van der Waals surface area (Å²) in [6, 6.07) is 15.9. The molecule has 2 fully saturated rings. The molecule has 166 valence electrons. The fourth-order valence-corrected chi connectivity index (χ4v) is 4.27. The van der Waals surface area contributed by atoms with Gasteiger partial charge in [0.2, 0.25) is 0 Å². The van der Waals surface area contributed by atoms with Crippen LogP contribution in [-0.4, -0.2) is 66.9 Å². The number of nitrogens with one attached hydrogen (secondary N) is 1. The van der Waals surface area contributed by atoms with E-state index in [1.54, 1.807) is 0 Å². The Labute approximate surface area is 182 Å². The number of hydrogen-bond donors (Lipinski definition) is 2. The monoisotopic (exact) mass is 427 g/mol. The molecule has 2 saturated heterocycles. The lowest BCUT2D eigenvalue weighted by Crippen LogP contribution is -2.49. The van der Waals surface area contributed by atoms with Gasteiger partial charge in [0.05, 0.1) is 12.2 Å². The first-order valence-corrected chi connectivity index (χ1v) is 11.0. The molecule has 7 heteroatoms. The molecule has 2 aliphatic heterocycles. The van der Waals surface area contributed by atoms with Crippen LogP contribution in [0, 0.1) is 5.82 Å². The third kappa shape index (κ3) is 5.81. The van der Waals surface area contributed by atoms with Gasteiger partial charge in [-0.25, -0.2) is 4.39 Å². The van der Waals surface area contributed by atoms with Crippen molar-refractivity contribution in [3.63, 3.8) is 0 Å². The zero-order valence-electron chi connectivity index (χ0n) is 17.6. The number of amides is 1. The van der Waals surface area contributed by atoms with Crippen LogP contribution in [0.15, 0.2) is 54.6 Å². The van der Waals surface area contributed by atoms with Crippen molar-refractivity contribution in [2.24, 2.45) is 0 Å². The van der Waals surface area contributed by atoms with E-state index in [-0.39, 0.29) is 17.8 Å². The Morgan fingerprint density at radius 3 is 2.45 bits per heavy atom. The van der Waals surface area contributed by atoms with Crippen molar-refractivity contribution >= 4 is 17.3 Å². The Morgan fingerprint density at radius 2 is 1.74 bits per heavy atom. The summed E-state index contributed by atoms with van der Waals surface area (Å²) in [5.41, 5.74) is 1.75. The van der Waals surface area contributed by atoms with Gasteiger partial charge >= 0.3 is 0 Å². The number of rotatable bonds is 6. The van der Waals surface area contributed by atoms with Crippen LogP contribution in [0.4, 0.5) is 15.8 Å². The van der Waals surface area contributed by atoms with Gasteiger partial charge in [-0.1, -0.05) is 18.2 Å². The zero-order chi connectivity index (χ0) is 21.6. The second-order valence-corrected chi connectivity index (χ2v) is 8.27. The minimum absolute atomic E-state index is 0.0370. The summed E-state index contributed by atoms with van der Waals surface area (Å²) in [7, 11) is 0. The SMILES string of the molecule is O=C(Nc1ccccc1)C1OC(CCN2CCN(c3ccc(F)cc3)CC2)CCC1O. The highest BCUT2D eigenvalue weighted by Crippen LogP contribution is 2.24. The summed E-state index contributed by atoms with van der Waals surface area (Å²) < 4.78 is 19.1. The number of hydrogen-bond acceptors (Lipinski definition) is 5. The average molecular weight is 428 g/mol. The van der Waals surface area contributed by atoms with Gasteiger partial charge in [0.1, 0.15) is 5.82 Å². The molecule has 2 heterocycles. The Morgan fingerprint density at radius 1 is 1.03 bits per heavy atom. The van der Waals surface area contributed by atoms with E-state index in [0.29, 0.717) is 12.1 Å². The van der Waals surface area contributed by atoms with Gasteiger partial charge in [-0.15, -0.1) is 0 Å². The van der Waals surface area contributed by atoms with Crippen molar-refractivity contribution in [2.45, 2.75) is 37.6 Å². The Kier molecular flexibility index (Phi) is 7.17. The van der Waals surface area contributed by atoms with E-state index < -0.39 is 12.2 Å². The zero-order valence-corrected chi connectivity index (χ0v) is 17.6. The number of anilines is 2. The number of aliphatic hydroxyl groups is 1. The number of piperazine rings is 1. The third-order valence-corrected chi connectivity index (χ3v) is 6.10. The molecular weight excluding hydrogens is 397 g/mol. The van der Waals surface area contributed by atoms with Crippen LogP contribution >= 0.6 is 0 Å². The molecule has 2 aromatic carbocycles. The van der Waals surface area contributed by atoms with Crippen LogP contribution in [-0.2, 0) is 9.53 Å². The smallest absolute Gasteiger partial charge is 0.256 e. The van der Waals surface area contributed by atoms with Gasteiger partial charge in [0.15, 0.2) is 6.10 Å². The molecular formula is C24H30FN3O3. The van der Waals surface area contributed by atoms with Crippen molar-refractivity contribution in [1.29, 1.82) is 0 Å². The largest absolute Gasteiger partial charge is 0.390 e. The molecule has 2 aliphatic rings. The first-order chi connectivity index (χ1) is 15.1. The maximum absolute atomic E-state index is 13.1. The van der Waals surface area contributed by atoms with Gasteiger partial charge in [0.25, 0.3) is 5.91 Å². The second kappa shape index (κ2) is 10.2. The molecule has 0 radical (unpaired) electrons. The van der Waals surface area contributed by atoms with Crippen molar-refractivity contribution in [1.82, 2.24) is 4.90 Å². The second-order valence-electron chi connectivity index (χ2n) is 8.27. The summed E-state index contributed by atoms with van der Waals surface area (Å²) >= 11 is 0. The number of carbonyl (C=O) groups is 1. The van der Waals surface area contributed by atoms with Gasteiger partial charge < -0.3 is 20.1 Å². The molecule has 6 nitrogen and oxygen atoms in total. The number of aliphatic hydroxyl groups excluding tert-OH is 1. The van der Waals surface area contributed by atoms with Crippen LogP contribution in [0.2, 0.25) is 0 Å². The first kappa shape index (κ1) is 21.7. The van der Waals surface area contributed by atoms with Gasteiger partial charge in [0, 0.05) is 44.1 Å². The normalized spacial score (nSPS) is 24.7. The highest BCUT2D eigenvalue weighted by molar-refractivity contribution is 5.94. The van der Waals surface area contributed by atoms with E-state index in [4.69, 9.17) is 4.74 Å². The van der Waals surface area contributed by atoms with Crippen LogP contribution in [0.1, 0.15) is 19.3 Å². The standard InChI is InChI=1S/C24H30FN3O3/c25-18-6-8-20(9-7-18)28-16-14-27(15-17-28)13-12-21-10-11-22(29)23(31-21)24(30)26-19-4-2-1-3-5-19/h1-9,21-23,29H,10-17H2,(H,26,30). The fraction of sp³-hybridized carbons (Fsp3) is 0.458. The topological polar surface area (TPSA) is 65.0 Å². The van der Waals surface area contributed by atoms with Crippen molar-refractivity contribution in [2.75, 3.05) is 42.9 Å². The number of halogens is 1. The molecule has 0 bridgehead atoms. The minimum Gasteiger partial charge on any atom is -0.390 e. The van der Waals surface area contributed by atoms with E-state index in [1.165, 1.54) is 12.1 Å². The summed E-state index contributed by atoms with van der Waals surface area (Å²) in [6.07, 6.45) is 0.499. The number of carbonyl (C=O) groups excluding carboxylic acids is 1. The molecule has 4 rings (SSSR count). The maximum Gasteiger partial charge on any atom is 0.256 e. The summed E-state index contributed by atoms with van der Waals surface area (Å²) in [4.78, 5) is 17.3. The molecule has 2 N–H and O–H groups in total. The van der Waals surface area contributed by atoms with E-state index >= 15 is 0 Å². The number of ether oxygens (including phenoxy) is 1. The maximum atomic E-state index is 13.1. The molecule has 0 aromatic heterocycles. The highest BCUT2D eigenvalue weighted by Gasteiger charge is 2.35. The molecule has 0 spiro atoms. The van der Waals surface area contributed by atoms with Crippen LogP contribution in [0.25, 0.3) is 0 Å². The van der Waals surface area contributed by atoms with Crippen molar-refractivity contribution in [3.8, 4) is 0 Å². The van der Waals surface area contributed by atoms with Crippen LogP contribution < -0.4 is 10.2 Å². The van der Waals surface area contributed by atoms with E-state index in [9.17, 15) is 14.3 Å². The lowest BCUT2D eigenvalue weighted by atomic mass is 9.98. The molecule has 3 atom stereocenters. The quantitative estimate of drug-likeness (QED) is 0.742. The first-order valence-electron chi connectivity index (χ1n) is 11.0. The summed E-state index contributed by atoms with van der Waals surface area (Å²) in [5.74, 6) is -0.507. The number of para-hydroxylation sites is 1. The Hall–Kier alpha value is -2.48. The van der Waals surface area contributed by atoms with Gasteiger partial charge in [-0.3, -0.25) is 9.69 Å². The Bertz CT molecular complexity index is 841. The predicted molar refractivity (Wildman–Crippen MR) is 119 cm³/mol. The van der Waals surface area contributed by atoms with Gasteiger partial charge in [-0.2, -0.15) is 0 Å². The molecule has 31 heavy (non-hydrogen) atoms. The van der Waals surface area contributed by atoms with Crippen LogP contribution in [0.3, 0.4) is 0 Å². The lowest BCUT2D eigenvalue weighted by molar-refractivity contribution is -0.153. The molecule has 2 aromatic rings. The van der Waals surface area contributed by atoms with Crippen LogP contribution in [0.5, 0.6) is 0 Å². The van der Waals surface area contributed by atoms with Crippen molar-refractivity contribution in [3.05, 3.63) is 60.4 Å². The molecule has 0 aliphatic carbocycles. The number of benzene rings is 2. The highest BCUT2D eigenvalue weighted by atomic mass is 19.1. The predicted octanol–water partition coefficient (Wildman–Crippen LogP) is 2.89. The molecule has 3 unspecified atom stereocenters. The Balaban J connectivity index is 1.22. The number of nitrogens with zero attached hydrogens (tertiary/aromatic N) is 2. The van der Waals surface area contributed by atoms with Crippen molar-refractivity contribution < 1.29 is 19.0 Å². The van der Waals surface area contributed by atoms with Gasteiger partial charge in [-0.05, 0) is 55.7 Å². The third-order valence-electron chi connectivity index (χ3n) is 6.10. The average Bonchev–Trinajstić information content (AvgIpc) is 2.80. The van der Waals surface area contributed by atoms with E-state index in [2.05, 4.69) is 15.1 Å². The molecule has 1 amide bonds. The fourth-order valence-electron chi connectivity index (χ4n) is 4.27. The summed E-state index contributed by atoms with van der Waals surface area (Å²) in [5, 5.41) is 13.1. The lowest BCUT2D eigenvalue weighted by Gasteiger charge is -2.38. The molecule has 0 saturated carbocycles. The minimum atomic E-state index is -0.839. The van der Waals surface area contributed by atoms with E-state index in [1.807, 2.05) is 42.5 Å².